The molecule has 8 heavy (non-hydrogen) atoms. The zero-order valence-corrected chi connectivity index (χ0v) is 5.95. The molecule has 0 saturated carbocycles. The van der Waals surface area contributed by atoms with Crippen LogP contribution in [0.2, 0.25) is 0 Å². The molecular formula is C4H7NOS2. The molecule has 0 bridgehead atoms. The van der Waals surface area contributed by atoms with Crippen LogP contribution in [0.5, 0.6) is 0 Å². The molecule has 1 N–H and O–H groups in total. The lowest BCUT2D eigenvalue weighted by Gasteiger charge is -1.94. The van der Waals surface area contributed by atoms with E-state index in [-0.39, 0.29) is 16.5 Å². The van der Waals surface area contributed by atoms with Crippen LogP contribution < -0.4 is 5.32 Å². The van der Waals surface area contributed by atoms with Gasteiger partial charge in [-0.25, -0.2) is 0 Å². The summed E-state index contributed by atoms with van der Waals surface area (Å²) in [5, 5.41) is 2.49. The van der Waals surface area contributed by atoms with Gasteiger partial charge < -0.3 is 5.32 Å². The molecule has 0 radical (unpaired) electrons. The first kappa shape index (κ1) is 6.29. The van der Waals surface area contributed by atoms with Crippen LogP contribution in [-0.4, -0.2) is 16.5 Å². The summed E-state index contributed by atoms with van der Waals surface area (Å²) in [5.74, 6) is -0.00617. The minimum atomic E-state index is -0.141. The van der Waals surface area contributed by atoms with Crippen LogP contribution in [0.1, 0.15) is 6.42 Å². The Hall–Kier alpha value is 0.170. The van der Waals surface area contributed by atoms with Crippen molar-refractivity contribution in [3.05, 3.63) is 0 Å². The number of carbonyl (C=O) groups excluding carboxylic acids is 1. The van der Waals surface area contributed by atoms with Gasteiger partial charge >= 0.3 is 0 Å². The minimum Gasteiger partial charge on any atom is -0.344 e. The molecule has 2 nitrogen and oxygen atoms in total. The Kier molecular flexibility index (Phi) is 1.72. The van der Waals surface area contributed by atoms with Crippen molar-refractivity contribution < 1.29 is 4.79 Å². The lowest BCUT2D eigenvalue weighted by molar-refractivity contribution is -0.118. The van der Waals surface area contributed by atoms with Gasteiger partial charge in [0.1, 0.15) is 0 Å². The molecule has 1 aliphatic heterocycles. The first-order valence-corrected chi connectivity index (χ1v) is 3.40. The first-order chi connectivity index (χ1) is 3.70. The summed E-state index contributed by atoms with van der Waals surface area (Å²) in [6.07, 6.45) is 0.727. The summed E-state index contributed by atoms with van der Waals surface area (Å²) in [6, 6.07) is 0. The number of carbonyl (C=O) groups is 1. The molecular weight excluding hydrogens is 142 g/mol. The molecule has 0 spiro atoms. The molecule has 0 aliphatic carbocycles. The number of thiol groups is 2. The number of amides is 1. The predicted molar refractivity (Wildman–Crippen MR) is 38.3 cm³/mol. The van der Waals surface area contributed by atoms with E-state index in [9.17, 15) is 4.79 Å². The van der Waals surface area contributed by atoms with Gasteiger partial charge in [0.2, 0.25) is 5.91 Å². The van der Waals surface area contributed by atoms with Crippen LogP contribution >= 0.6 is 25.3 Å². The van der Waals surface area contributed by atoms with Gasteiger partial charge in [0.25, 0.3) is 0 Å². The van der Waals surface area contributed by atoms with Crippen molar-refractivity contribution in [1.29, 1.82) is 0 Å². The summed E-state index contributed by atoms with van der Waals surface area (Å²) in [5.41, 5.74) is 0. The van der Waals surface area contributed by atoms with Gasteiger partial charge in [0.05, 0.1) is 10.6 Å². The quantitative estimate of drug-likeness (QED) is 0.418. The fraction of sp³-hybridized carbons (Fsp3) is 0.750. The lowest BCUT2D eigenvalue weighted by Crippen LogP contribution is -2.22. The average Bonchev–Trinajstić information content (AvgIpc) is 1.85. The standard InChI is InChI=1S/C4H7NOS2/c6-4-2(7)1-3(8)5-4/h2-3,7-8H,1H2,(H,5,6). The highest BCUT2D eigenvalue weighted by Gasteiger charge is 2.25. The van der Waals surface area contributed by atoms with Gasteiger partial charge in [0.15, 0.2) is 0 Å². The predicted octanol–water partition coefficient (Wildman–Crippen LogP) is 0.0606. The Bertz CT molecular complexity index is 117. The largest absolute Gasteiger partial charge is 0.344 e. The van der Waals surface area contributed by atoms with E-state index in [1.54, 1.807) is 0 Å². The Morgan fingerprint density at radius 2 is 2.25 bits per heavy atom. The first-order valence-electron chi connectivity index (χ1n) is 2.36. The van der Waals surface area contributed by atoms with Crippen LogP contribution in [0.3, 0.4) is 0 Å². The Morgan fingerprint density at radius 3 is 2.38 bits per heavy atom. The van der Waals surface area contributed by atoms with Crippen LogP contribution in [0.15, 0.2) is 0 Å². The highest BCUT2D eigenvalue weighted by atomic mass is 32.1. The third-order valence-electron chi connectivity index (χ3n) is 1.06. The van der Waals surface area contributed by atoms with Crippen molar-refractivity contribution in [2.75, 3.05) is 0 Å². The summed E-state index contributed by atoms with van der Waals surface area (Å²) in [4.78, 5) is 10.5. The molecule has 1 amide bonds. The van der Waals surface area contributed by atoms with E-state index in [2.05, 4.69) is 30.6 Å². The maximum Gasteiger partial charge on any atom is 0.233 e. The molecule has 1 rings (SSSR count). The minimum absolute atomic E-state index is 0.00617. The fourth-order valence-corrected chi connectivity index (χ4v) is 1.43. The fourth-order valence-electron chi connectivity index (χ4n) is 0.638. The summed E-state index contributed by atoms with van der Waals surface area (Å²) in [7, 11) is 0. The SMILES string of the molecule is O=C1NC(S)CC1S. The summed E-state index contributed by atoms with van der Waals surface area (Å²) < 4.78 is 0. The van der Waals surface area contributed by atoms with Gasteiger partial charge in [0, 0.05) is 0 Å². The van der Waals surface area contributed by atoms with Crippen molar-refractivity contribution >= 4 is 31.2 Å². The summed E-state index contributed by atoms with van der Waals surface area (Å²) in [6.45, 7) is 0. The van der Waals surface area contributed by atoms with E-state index in [1.165, 1.54) is 0 Å². The third kappa shape index (κ3) is 1.11. The van der Waals surface area contributed by atoms with E-state index in [0.717, 1.165) is 6.42 Å². The summed E-state index contributed by atoms with van der Waals surface area (Å²) >= 11 is 8.02. The molecule has 1 heterocycles. The molecule has 1 saturated heterocycles. The highest BCUT2D eigenvalue weighted by Crippen LogP contribution is 2.14. The third-order valence-corrected chi connectivity index (χ3v) is 1.84. The van der Waals surface area contributed by atoms with Gasteiger partial charge in [-0.3, -0.25) is 4.79 Å². The van der Waals surface area contributed by atoms with Crippen molar-refractivity contribution in [3.63, 3.8) is 0 Å². The highest BCUT2D eigenvalue weighted by molar-refractivity contribution is 7.82. The van der Waals surface area contributed by atoms with Gasteiger partial charge in [-0.05, 0) is 6.42 Å². The zero-order valence-electron chi connectivity index (χ0n) is 4.16. The topological polar surface area (TPSA) is 29.1 Å². The van der Waals surface area contributed by atoms with Crippen LogP contribution in [0, 0.1) is 0 Å². The molecule has 2 unspecified atom stereocenters. The maximum atomic E-state index is 10.5. The van der Waals surface area contributed by atoms with Crippen molar-refractivity contribution in [2.45, 2.75) is 17.0 Å². The Morgan fingerprint density at radius 1 is 1.62 bits per heavy atom. The van der Waals surface area contributed by atoms with Crippen LogP contribution in [0.4, 0.5) is 0 Å². The van der Waals surface area contributed by atoms with Crippen LogP contribution in [0.25, 0.3) is 0 Å². The van der Waals surface area contributed by atoms with E-state index in [1.807, 2.05) is 0 Å². The normalized spacial score (nSPS) is 37.5. The molecule has 1 aliphatic rings. The maximum absolute atomic E-state index is 10.5. The molecule has 1 fully saturated rings. The van der Waals surface area contributed by atoms with E-state index >= 15 is 0 Å². The average molecular weight is 149 g/mol. The lowest BCUT2D eigenvalue weighted by atomic mass is 10.4. The molecule has 0 aromatic heterocycles. The van der Waals surface area contributed by atoms with E-state index in [0.29, 0.717) is 0 Å². The van der Waals surface area contributed by atoms with Crippen molar-refractivity contribution in [1.82, 2.24) is 5.32 Å². The molecule has 2 atom stereocenters. The van der Waals surface area contributed by atoms with Gasteiger partial charge in [-0.1, -0.05) is 0 Å². The smallest absolute Gasteiger partial charge is 0.233 e. The molecule has 0 aromatic rings. The van der Waals surface area contributed by atoms with Gasteiger partial charge in [-0.2, -0.15) is 25.3 Å². The second-order valence-corrected chi connectivity index (χ2v) is 3.02. The van der Waals surface area contributed by atoms with E-state index < -0.39 is 0 Å². The number of rotatable bonds is 0. The number of nitrogens with one attached hydrogen (secondary N) is 1. The Labute approximate surface area is 58.8 Å². The zero-order chi connectivity index (χ0) is 6.15. The monoisotopic (exact) mass is 149 g/mol. The Balaban J connectivity index is 2.51. The van der Waals surface area contributed by atoms with Crippen molar-refractivity contribution in [2.24, 2.45) is 0 Å². The molecule has 4 heteroatoms. The molecule has 46 valence electrons. The van der Waals surface area contributed by atoms with E-state index in [4.69, 9.17) is 0 Å². The second kappa shape index (κ2) is 2.19. The van der Waals surface area contributed by atoms with Crippen molar-refractivity contribution in [3.8, 4) is 0 Å². The van der Waals surface area contributed by atoms with Crippen LogP contribution in [-0.2, 0) is 4.79 Å². The number of hydrogen-bond acceptors (Lipinski definition) is 3. The number of hydrogen-bond donors (Lipinski definition) is 3. The second-order valence-electron chi connectivity index (χ2n) is 1.78. The molecule has 0 aromatic carbocycles. The van der Waals surface area contributed by atoms with Gasteiger partial charge in [-0.15, -0.1) is 0 Å².